The van der Waals surface area contributed by atoms with Crippen molar-refractivity contribution in [1.82, 2.24) is 4.90 Å². The predicted molar refractivity (Wildman–Crippen MR) is 85.9 cm³/mol. The second-order valence-electron chi connectivity index (χ2n) is 5.42. The highest BCUT2D eigenvalue weighted by atomic mass is 19.1. The van der Waals surface area contributed by atoms with Gasteiger partial charge in [0.1, 0.15) is 11.5 Å². The van der Waals surface area contributed by atoms with Gasteiger partial charge in [-0.1, -0.05) is 29.8 Å². The summed E-state index contributed by atoms with van der Waals surface area (Å²) in [6.07, 6.45) is 0. The summed E-state index contributed by atoms with van der Waals surface area (Å²) in [5.74, 6) is -1.21. The largest absolute Gasteiger partial charge is 0.350 e. The monoisotopic (exact) mass is 310 g/mol. The third-order valence-electron chi connectivity index (χ3n) is 3.74. The van der Waals surface area contributed by atoms with Gasteiger partial charge in [0, 0.05) is 12.7 Å². The topological polar surface area (TPSA) is 49.4 Å². The molecule has 0 unspecified atom stereocenters. The van der Waals surface area contributed by atoms with Gasteiger partial charge in [-0.05, 0) is 36.8 Å². The standard InChI is InChI=1S/C18H15FN2O2/c1-11-3-9-14(10-4-11)20-16-15(17(22)21(2)18(16)23)12-5-7-13(19)8-6-12/h3-10,20H,1-2H3. The molecule has 2 aromatic rings. The van der Waals surface area contributed by atoms with Gasteiger partial charge >= 0.3 is 0 Å². The molecule has 0 bridgehead atoms. The maximum absolute atomic E-state index is 13.1. The fourth-order valence-electron chi connectivity index (χ4n) is 2.42. The molecule has 116 valence electrons. The highest BCUT2D eigenvalue weighted by Crippen LogP contribution is 2.29. The highest BCUT2D eigenvalue weighted by Gasteiger charge is 2.36. The Bertz CT molecular complexity index is 808. The van der Waals surface area contributed by atoms with E-state index in [1.165, 1.54) is 31.3 Å². The molecule has 0 aliphatic carbocycles. The molecule has 0 aromatic heterocycles. The molecular formula is C18H15FN2O2. The highest BCUT2D eigenvalue weighted by molar-refractivity contribution is 6.36. The van der Waals surface area contributed by atoms with Crippen molar-refractivity contribution in [3.8, 4) is 0 Å². The molecule has 0 saturated heterocycles. The van der Waals surface area contributed by atoms with Gasteiger partial charge in [-0.3, -0.25) is 14.5 Å². The average Bonchev–Trinajstić information content (AvgIpc) is 2.75. The maximum Gasteiger partial charge on any atom is 0.277 e. The number of carbonyl (C=O) groups is 2. The molecule has 2 amide bonds. The lowest BCUT2D eigenvalue weighted by Crippen LogP contribution is -2.27. The first-order valence-corrected chi connectivity index (χ1v) is 7.13. The molecule has 3 rings (SSSR count). The van der Waals surface area contributed by atoms with Crippen molar-refractivity contribution >= 4 is 23.1 Å². The normalized spacial score (nSPS) is 14.7. The number of anilines is 1. The molecule has 0 atom stereocenters. The summed E-state index contributed by atoms with van der Waals surface area (Å²) in [5, 5.41) is 3.02. The Kier molecular flexibility index (Phi) is 3.70. The Morgan fingerprint density at radius 3 is 2.13 bits per heavy atom. The van der Waals surface area contributed by atoms with Crippen molar-refractivity contribution < 1.29 is 14.0 Å². The summed E-state index contributed by atoms with van der Waals surface area (Å²) >= 11 is 0. The molecule has 0 radical (unpaired) electrons. The number of halogens is 1. The second kappa shape index (κ2) is 5.68. The number of carbonyl (C=O) groups excluding carboxylic acids is 2. The Labute approximate surface area is 133 Å². The van der Waals surface area contributed by atoms with Crippen molar-refractivity contribution in [2.75, 3.05) is 12.4 Å². The number of benzene rings is 2. The van der Waals surface area contributed by atoms with Crippen LogP contribution in [0.3, 0.4) is 0 Å². The zero-order valence-corrected chi connectivity index (χ0v) is 12.8. The summed E-state index contributed by atoms with van der Waals surface area (Å²) < 4.78 is 13.1. The van der Waals surface area contributed by atoms with Gasteiger partial charge in [0.2, 0.25) is 0 Å². The summed E-state index contributed by atoms with van der Waals surface area (Å²) in [6.45, 7) is 1.96. The first kappa shape index (κ1) is 15.0. The Balaban J connectivity index is 2.06. The van der Waals surface area contributed by atoms with E-state index in [9.17, 15) is 14.0 Å². The minimum absolute atomic E-state index is 0.202. The van der Waals surface area contributed by atoms with Crippen LogP contribution in [-0.2, 0) is 9.59 Å². The Morgan fingerprint density at radius 2 is 1.52 bits per heavy atom. The fourth-order valence-corrected chi connectivity index (χ4v) is 2.42. The Hall–Kier alpha value is -2.95. The maximum atomic E-state index is 13.1. The molecule has 2 aromatic carbocycles. The second-order valence-corrected chi connectivity index (χ2v) is 5.42. The molecule has 0 spiro atoms. The lowest BCUT2D eigenvalue weighted by molar-refractivity contribution is -0.135. The fraction of sp³-hybridized carbons (Fsp3) is 0.111. The molecule has 23 heavy (non-hydrogen) atoms. The van der Waals surface area contributed by atoms with Gasteiger partial charge in [-0.2, -0.15) is 0 Å². The summed E-state index contributed by atoms with van der Waals surface area (Å²) in [5.41, 5.74) is 2.76. The van der Waals surface area contributed by atoms with E-state index < -0.39 is 17.6 Å². The third-order valence-corrected chi connectivity index (χ3v) is 3.74. The summed E-state index contributed by atoms with van der Waals surface area (Å²) in [7, 11) is 1.43. The van der Waals surface area contributed by atoms with Crippen LogP contribution in [0.1, 0.15) is 11.1 Å². The molecular weight excluding hydrogens is 295 g/mol. The van der Waals surface area contributed by atoms with Gasteiger partial charge in [-0.15, -0.1) is 0 Å². The molecule has 4 nitrogen and oxygen atoms in total. The number of amides is 2. The van der Waals surface area contributed by atoms with Gasteiger partial charge in [0.05, 0.1) is 5.57 Å². The molecule has 1 heterocycles. The van der Waals surface area contributed by atoms with Crippen molar-refractivity contribution in [2.24, 2.45) is 0 Å². The zero-order chi connectivity index (χ0) is 16.6. The van der Waals surface area contributed by atoms with Crippen LogP contribution in [0.2, 0.25) is 0 Å². The van der Waals surface area contributed by atoms with E-state index in [1.54, 1.807) is 0 Å². The van der Waals surface area contributed by atoms with Crippen molar-refractivity contribution in [3.63, 3.8) is 0 Å². The van der Waals surface area contributed by atoms with Crippen LogP contribution in [0.4, 0.5) is 10.1 Å². The van der Waals surface area contributed by atoms with Crippen molar-refractivity contribution in [1.29, 1.82) is 0 Å². The van der Waals surface area contributed by atoms with Gasteiger partial charge in [-0.25, -0.2) is 4.39 Å². The van der Waals surface area contributed by atoms with Gasteiger partial charge in [0.25, 0.3) is 11.8 Å². The van der Waals surface area contributed by atoms with E-state index in [1.807, 2.05) is 31.2 Å². The smallest absolute Gasteiger partial charge is 0.277 e. The predicted octanol–water partition coefficient (Wildman–Crippen LogP) is 2.96. The number of hydrogen-bond donors (Lipinski definition) is 1. The van der Waals surface area contributed by atoms with Crippen LogP contribution in [0, 0.1) is 12.7 Å². The lowest BCUT2D eigenvalue weighted by Gasteiger charge is -2.09. The number of nitrogens with zero attached hydrogens (tertiary/aromatic N) is 1. The van der Waals surface area contributed by atoms with E-state index >= 15 is 0 Å². The third kappa shape index (κ3) is 2.73. The molecule has 0 saturated carbocycles. The first-order chi connectivity index (χ1) is 11.0. The molecule has 0 fully saturated rings. The van der Waals surface area contributed by atoms with Gasteiger partial charge < -0.3 is 5.32 Å². The molecule has 1 aliphatic heterocycles. The van der Waals surface area contributed by atoms with Crippen LogP contribution in [0.25, 0.3) is 5.57 Å². The molecule has 5 heteroatoms. The number of imide groups is 1. The van der Waals surface area contributed by atoms with E-state index in [4.69, 9.17) is 0 Å². The number of likely N-dealkylation sites (N-methyl/N-ethyl adjacent to an activating group) is 1. The SMILES string of the molecule is Cc1ccc(NC2=C(c3ccc(F)cc3)C(=O)N(C)C2=O)cc1. The summed E-state index contributed by atoms with van der Waals surface area (Å²) in [4.78, 5) is 25.8. The van der Waals surface area contributed by atoms with E-state index in [0.717, 1.165) is 10.5 Å². The van der Waals surface area contributed by atoms with E-state index in [-0.39, 0.29) is 11.3 Å². The number of aryl methyl sites for hydroxylation is 1. The van der Waals surface area contributed by atoms with Crippen LogP contribution in [0.5, 0.6) is 0 Å². The Morgan fingerprint density at radius 1 is 0.913 bits per heavy atom. The number of hydrogen-bond acceptors (Lipinski definition) is 3. The van der Waals surface area contributed by atoms with Crippen molar-refractivity contribution in [3.05, 3.63) is 71.2 Å². The first-order valence-electron chi connectivity index (χ1n) is 7.13. The number of nitrogens with one attached hydrogen (secondary N) is 1. The number of rotatable bonds is 3. The minimum atomic E-state index is -0.407. The minimum Gasteiger partial charge on any atom is -0.350 e. The lowest BCUT2D eigenvalue weighted by atomic mass is 10.0. The zero-order valence-electron chi connectivity index (χ0n) is 12.8. The van der Waals surface area contributed by atoms with E-state index in [2.05, 4.69) is 5.32 Å². The van der Waals surface area contributed by atoms with Crippen LogP contribution in [0.15, 0.2) is 54.2 Å². The van der Waals surface area contributed by atoms with E-state index in [0.29, 0.717) is 11.3 Å². The quantitative estimate of drug-likeness (QED) is 0.887. The van der Waals surface area contributed by atoms with Crippen molar-refractivity contribution in [2.45, 2.75) is 6.92 Å². The molecule has 1 N–H and O–H groups in total. The van der Waals surface area contributed by atoms with Crippen LogP contribution < -0.4 is 5.32 Å². The summed E-state index contributed by atoms with van der Waals surface area (Å²) in [6, 6.07) is 13.0. The van der Waals surface area contributed by atoms with Crippen LogP contribution >= 0.6 is 0 Å². The van der Waals surface area contributed by atoms with Gasteiger partial charge in [0.15, 0.2) is 0 Å². The average molecular weight is 310 g/mol. The van der Waals surface area contributed by atoms with Crippen LogP contribution in [-0.4, -0.2) is 23.8 Å². The molecule has 1 aliphatic rings.